The van der Waals surface area contributed by atoms with E-state index in [-0.39, 0.29) is 5.95 Å². The molecule has 0 saturated heterocycles. The Morgan fingerprint density at radius 1 is 1.40 bits per heavy atom. The van der Waals surface area contributed by atoms with Gasteiger partial charge in [0.25, 0.3) is 0 Å². The molecular formula is C10H17N3OS. The van der Waals surface area contributed by atoms with Crippen LogP contribution in [0.2, 0.25) is 0 Å². The first kappa shape index (κ1) is 12.1. The summed E-state index contributed by atoms with van der Waals surface area (Å²) < 4.78 is 5.02. The third-order valence-corrected chi connectivity index (χ3v) is 2.90. The van der Waals surface area contributed by atoms with Crippen LogP contribution in [-0.4, -0.2) is 22.8 Å². The predicted molar refractivity (Wildman–Crippen MR) is 63.2 cm³/mol. The van der Waals surface area contributed by atoms with E-state index in [4.69, 9.17) is 10.5 Å². The fourth-order valence-corrected chi connectivity index (χ4v) is 2.03. The standard InChI is InChI=1S/C10H17N3OS/c1-3-4-5-6-15-9-7-8(14-2)12-10(11)13-9/h7H,3-6H2,1-2H3,(H2,11,12,13). The summed E-state index contributed by atoms with van der Waals surface area (Å²) in [5.41, 5.74) is 5.55. The van der Waals surface area contributed by atoms with Gasteiger partial charge in [0.1, 0.15) is 5.03 Å². The van der Waals surface area contributed by atoms with Crippen molar-refractivity contribution >= 4 is 17.7 Å². The lowest BCUT2D eigenvalue weighted by Gasteiger charge is -2.04. The molecule has 0 aliphatic heterocycles. The number of nitrogens with two attached hydrogens (primary N) is 1. The van der Waals surface area contributed by atoms with Gasteiger partial charge in [-0.05, 0) is 12.2 Å². The molecule has 0 aliphatic rings. The van der Waals surface area contributed by atoms with E-state index in [9.17, 15) is 0 Å². The molecule has 4 nitrogen and oxygen atoms in total. The van der Waals surface area contributed by atoms with Gasteiger partial charge in [0.2, 0.25) is 11.8 Å². The molecule has 1 heterocycles. The number of nitrogen functional groups attached to an aromatic ring is 1. The molecule has 0 fully saturated rings. The first-order valence-electron chi connectivity index (χ1n) is 5.07. The quantitative estimate of drug-likeness (QED) is 0.459. The zero-order chi connectivity index (χ0) is 11.1. The van der Waals surface area contributed by atoms with E-state index in [1.807, 2.05) is 6.07 Å². The summed E-state index contributed by atoms with van der Waals surface area (Å²) in [5.74, 6) is 1.86. The molecular weight excluding hydrogens is 210 g/mol. The second-order valence-electron chi connectivity index (χ2n) is 3.16. The van der Waals surface area contributed by atoms with Gasteiger partial charge in [0.05, 0.1) is 7.11 Å². The summed E-state index contributed by atoms with van der Waals surface area (Å²) >= 11 is 1.69. The fraction of sp³-hybridized carbons (Fsp3) is 0.600. The number of methoxy groups -OCH3 is 1. The van der Waals surface area contributed by atoms with Crippen LogP contribution in [0.25, 0.3) is 0 Å². The van der Waals surface area contributed by atoms with Crippen LogP contribution >= 0.6 is 11.8 Å². The molecule has 0 spiro atoms. The van der Waals surface area contributed by atoms with Gasteiger partial charge < -0.3 is 10.5 Å². The van der Waals surface area contributed by atoms with Crippen LogP contribution in [0.5, 0.6) is 5.88 Å². The number of rotatable bonds is 6. The van der Waals surface area contributed by atoms with E-state index < -0.39 is 0 Å². The second kappa shape index (κ2) is 6.50. The average molecular weight is 227 g/mol. The zero-order valence-corrected chi connectivity index (χ0v) is 10.0. The highest BCUT2D eigenvalue weighted by Crippen LogP contribution is 2.21. The smallest absolute Gasteiger partial charge is 0.224 e. The maximum Gasteiger partial charge on any atom is 0.224 e. The second-order valence-corrected chi connectivity index (χ2v) is 4.28. The first-order valence-corrected chi connectivity index (χ1v) is 6.06. The van der Waals surface area contributed by atoms with E-state index in [2.05, 4.69) is 16.9 Å². The van der Waals surface area contributed by atoms with Crippen molar-refractivity contribution in [3.05, 3.63) is 6.07 Å². The van der Waals surface area contributed by atoms with Crippen molar-refractivity contribution in [2.45, 2.75) is 31.2 Å². The topological polar surface area (TPSA) is 61.0 Å². The highest BCUT2D eigenvalue weighted by Gasteiger charge is 2.02. The van der Waals surface area contributed by atoms with Crippen molar-refractivity contribution in [1.29, 1.82) is 0 Å². The molecule has 0 bridgehead atoms. The minimum absolute atomic E-state index is 0.271. The molecule has 2 N–H and O–H groups in total. The third-order valence-electron chi connectivity index (χ3n) is 1.90. The van der Waals surface area contributed by atoms with Gasteiger partial charge in [0, 0.05) is 6.07 Å². The van der Waals surface area contributed by atoms with Crippen LogP contribution in [0.1, 0.15) is 26.2 Å². The molecule has 0 aromatic carbocycles. The molecule has 1 aromatic heterocycles. The SMILES string of the molecule is CCCCCSc1cc(OC)nc(N)n1. The van der Waals surface area contributed by atoms with Crippen molar-refractivity contribution in [3.63, 3.8) is 0 Å². The lowest BCUT2D eigenvalue weighted by molar-refractivity contribution is 0.396. The van der Waals surface area contributed by atoms with E-state index in [0.717, 1.165) is 10.8 Å². The Morgan fingerprint density at radius 2 is 2.20 bits per heavy atom. The molecule has 5 heteroatoms. The molecule has 15 heavy (non-hydrogen) atoms. The summed E-state index contributed by atoms with van der Waals surface area (Å²) in [5, 5.41) is 0.885. The Kier molecular flexibility index (Phi) is 5.25. The summed E-state index contributed by atoms with van der Waals surface area (Å²) in [4.78, 5) is 8.06. The van der Waals surface area contributed by atoms with Crippen molar-refractivity contribution in [3.8, 4) is 5.88 Å². The average Bonchev–Trinajstić information content (AvgIpc) is 2.23. The van der Waals surface area contributed by atoms with Crippen LogP contribution < -0.4 is 10.5 Å². The Balaban J connectivity index is 2.49. The van der Waals surface area contributed by atoms with Gasteiger partial charge >= 0.3 is 0 Å². The number of hydrogen-bond donors (Lipinski definition) is 1. The molecule has 0 amide bonds. The lowest BCUT2D eigenvalue weighted by atomic mass is 10.3. The van der Waals surface area contributed by atoms with Crippen molar-refractivity contribution in [1.82, 2.24) is 9.97 Å². The van der Waals surface area contributed by atoms with Crippen LogP contribution in [0.3, 0.4) is 0 Å². The number of ether oxygens (including phenoxy) is 1. The third kappa shape index (κ3) is 4.38. The highest BCUT2D eigenvalue weighted by atomic mass is 32.2. The highest BCUT2D eigenvalue weighted by molar-refractivity contribution is 7.99. The Morgan fingerprint density at radius 3 is 2.87 bits per heavy atom. The van der Waals surface area contributed by atoms with Gasteiger partial charge in [-0.3, -0.25) is 0 Å². The van der Waals surface area contributed by atoms with E-state index in [0.29, 0.717) is 5.88 Å². The van der Waals surface area contributed by atoms with Gasteiger partial charge in [-0.25, -0.2) is 4.98 Å². The van der Waals surface area contributed by atoms with E-state index >= 15 is 0 Å². The number of nitrogens with zero attached hydrogens (tertiary/aromatic N) is 2. The fourth-order valence-electron chi connectivity index (χ4n) is 1.13. The Labute approximate surface area is 94.6 Å². The minimum atomic E-state index is 0.271. The minimum Gasteiger partial charge on any atom is -0.481 e. The number of aromatic nitrogens is 2. The predicted octanol–water partition coefficient (Wildman–Crippen LogP) is 2.35. The number of unbranched alkanes of at least 4 members (excludes halogenated alkanes) is 2. The number of thioether (sulfide) groups is 1. The van der Waals surface area contributed by atoms with E-state index in [1.165, 1.54) is 19.3 Å². The van der Waals surface area contributed by atoms with Crippen LogP contribution in [0, 0.1) is 0 Å². The summed E-state index contributed by atoms with van der Waals surface area (Å²) in [6.45, 7) is 2.19. The largest absolute Gasteiger partial charge is 0.481 e. The molecule has 1 rings (SSSR count). The summed E-state index contributed by atoms with van der Waals surface area (Å²) in [6.07, 6.45) is 3.69. The Bertz CT molecular complexity index is 307. The molecule has 0 aliphatic carbocycles. The lowest BCUT2D eigenvalue weighted by Crippen LogP contribution is -1.98. The van der Waals surface area contributed by atoms with E-state index in [1.54, 1.807) is 18.9 Å². The van der Waals surface area contributed by atoms with Crippen molar-refractivity contribution in [2.75, 3.05) is 18.6 Å². The van der Waals surface area contributed by atoms with Gasteiger partial charge in [-0.2, -0.15) is 4.98 Å². The molecule has 0 saturated carbocycles. The van der Waals surface area contributed by atoms with Crippen LogP contribution in [0.15, 0.2) is 11.1 Å². The summed E-state index contributed by atoms with van der Waals surface area (Å²) in [7, 11) is 1.58. The monoisotopic (exact) mass is 227 g/mol. The molecule has 0 atom stereocenters. The van der Waals surface area contributed by atoms with Gasteiger partial charge in [0.15, 0.2) is 0 Å². The van der Waals surface area contributed by atoms with Gasteiger partial charge in [-0.1, -0.05) is 19.8 Å². The molecule has 0 radical (unpaired) electrons. The van der Waals surface area contributed by atoms with Gasteiger partial charge in [-0.15, -0.1) is 11.8 Å². The van der Waals surface area contributed by atoms with Crippen molar-refractivity contribution < 1.29 is 4.74 Å². The number of hydrogen-bond acceptors (Lipinski definition) is 5. The molecule has 1 aromatic rings. The molecule has 0 unspecified atom stereocenters. The van der Waals surface area contributed by atoms with Crippen molar-refractivity contribution in [2.24, 2.45) is 0 Å². The molecule has 84 valence electrons. The first-order chi connectivity index (χ1) is 7.26. The zero-order valence-electron chi connectivity index (χ0n) is 9.19. The summed E-state index contributed by atoms with van der Waals surface area (Å²) in [6, 6.07) is 1.81. The normalized spacial score (nSPS) is 10.3. The maximum absolute atomic E-state index is 5.55. The van der Waals surface area contributed by atoms with Crippen LogP contribution in [-0.2, 0) is 0 Å². The Hall–Kier alpha value is -0.970. The van der Waals surface area contributed by atoms with Crippen LogP contribution in [0.4, 0.5) is 5.95 Å². The number of anilines is 1. The maximum atomic E-state index is 5.55.